The summed E-state index contributed by atoms with van der Waals surface area (Å²) in [4.78, 5) is 19.8. The molecule has 1 amide bonds. The molecule has 2 aromatic rings. The maximum atomic E-state index is 12.6. The standard InChI is InChI=1S/C21H27N3O2/c1-14(2)22-21(25)16-11-20-19(9-10-26-20)24(12-16)13-17-8-7-15-5-3-4-6-18(15)23-17/h3-8,14,16,19-20H,9-13H2,1-2H3,(H,22,25)/t16-,19-,20-/m0/s1. The smallest absolute Gasteiger partial charge is 0.224 e. The number of nitrogens with zero attached hydrogens (tertiary/aromatic N) is 2. The fourth-order valence-electron chi connectivity index (χ4n) is 4.23. The Balaban J connectivity index is 1.53. The van der Waals surface area contributed by atoms with Gasteiger partial charge in [-0.05, 0) is 38.8 Å². The van der Waals surface area contributed by atoms with Crippen LogP contribution in [0.25, 0.3) is 10.9 Å². The molecular weight excluding hydrogens is 326 g/mol. The number of hydrogen-bond donors (Lipinski definition) is 1. The van der Waals surface area contributed by atoms with Gasteiger partial charge in [-0.25, -0.2) is 0 Å². The Hall–Kier alpha value is -1.98. The van der Waals surface area contributed by atoms with E-state index in [2.05, 4.69) is 34.5 Å². The number of likely N-dealkylation sites (tertiary alicyclic amines) is 1. The minimum atomic E-state index is -0.0165. The van der Waals surface area contributed by atoms with Gasteiger partial charge < -0.3 is 10.1 Å². The quantitative estimate of drug-likeness (QED) is 0.918. The molecule has 4 rings (SSSR count). The molecule has 2 fully saturated rings. The first-order chi connectivity index (χ1) is 12.6. The number of ether oxygens (including phenoxy) is 1. The summed E-state index contributed by atoms with van der Waals surface area (Å²) in [7, 11) is 0. The third kappa shape index (κ3) is 3.60. The van der Waals surface area contributed by atoms with Crippen LogP contribution in [-0.2, 0) is 16.1 Å². The molecule has 1 N–H and O–H groups in total. The van der Waals surface area contributed by atoms with Crippen LogP contribution < -0.4 is 5.32 Å². The highest BCUT2D eigenvalue weighted by Crippen LogP contribution is 2.32. The molecule has 2 saturated heterocycles. The summed E-state index contributed by atoms with van der Waals surface area (Å²) >= 11 is 0. The highest BCUT2D eigenvalue weighted by molar-refractivity contribution is 5.79. The number of carbonyl (C=O) groups excluding carboxylic acids is 1. The van der Waals surface area contributed by atoms with Crippen LogP contribution in [0.2, 0.25) is 0 Å². The van der Waals surface area contributed by atoms with Crippen LogP contribution in [0.1, 0.15) is 32.4 Å². The lowest BCUT2D eigenvalue weighted by Crippen LogP contribution is -2.53. The fraction of sp³-hybridized carbons (Fsp3) is 0.524. The van der Waals surface area contributed by atoms with Gasteiger partial charge in [-0.3, -0.25) is 14.7 Å². The van der Waals surface area contributed by atoms with Crippen LogP contribution in [0.3, 0.4) is 0 Å². The molecule has 0 saturated carbocycles. The van der Waals surface area contributed by atoms with Crippen LogP contribution in [0.4, 0.5) is 0 Å². The van der Waals surface area contributed by atoms with Crippen molar-refractivity contribution in [3.05, 3.63) is 42.1 Å². The van der Waals surface area contributed by atoms with Gasteiger partial charge >= 0.3 is 0 Å². The normalized spacial score (nSPS) is 26.2. The zero-order valence-electron chi connectivity index (χ0n) is 15.5. The van der Waals surface area contributed by atoms with E-state index in [-0.39, 0.29) is 24.0 Å². The molecule has 3 heterocycles. The average molecular weight is 353 g/mol. The second kappa shape index (κ2) is 7.33. The van der Waals surface area contributed by atoms with Gasteiger partial charge in [0.1, 0.15) is 0 Å². The van der Waals surface area contributed by atoms with Gasteiger partial charge in [0.25, 0.3) is 0 Å². The second-order valence-corrected chi connectivity index (χ2v) is 7.79. The molecule has 1 aromatic heterocycles. The first-order valence-electron chi connectivity index (χ1n) is 9.61. The molecule has 0 spiro atoms. The largest absolute Gasteiger partial charge is 0.377 e. The summed E-state index contributed by atoms with van der Waals surface area (Å²) in [6, 6.07) is 13.0. The Labute approximate surface area is 154 Å². The van der Waals surface area contributed by atoms with E-state index in [0.717, 1.165) is 49.1 Å². The van der Waals surface area contributed by atoms with Gasteiger partial charge in [-0.15, -0.1) is 0 Å². The van der Waals surface area contributed by atoms with Crippen LogP contribution in [-0.4, -0.2) is 47.1 Å². The molecule has 0 radical (unpaired) electrons. The number of pyridine rings is 1. The summed E-state index contributed by atoms with van der Waals surface area (Å²) in [5.74, 6) is 0.127. The van der Waals surface area contributed by atoms with Crippen molar-refractivity contribution in [3.8, 4) is 0 Å². The van der Waals surface area contributed by atoms with Crippen molar-refractivity contribution >= 4 is 16.8 Å². The van der Waals surface area contributed by atoms with Gasteiger partial charge in [0, 0.05) is 37.2 Å². The molecule has 2 aliphatic rings. The SMILES string of the molecule is CC(C)NC(=O)[C@H]1C[C@@H]2OCC[C@@H]2N(Cc2ccc3ccccc3n2)C1. The molecule has 1 aromatic carbocycles. The number of hydrogen-bond acceptors (Lipinski definition) is 4. The first-order valence-corrected chi connectivity index (χ1v) is 9.61. The van der Waals surface area contributed by atoms with Crippen LogP contribution >= 0.6 is 0 Å². The van der Waals surface area contributed by atoms with E-state index in [1.807, 2.05) is 26.0 Å². The van der Waals surface area contributed by atoms with Crippen LogP contribution in [0.5, 0.6) is 0 Å². The van der Waals surface area contributed by atoms with Crippen LogP contribution in [0.15, 0.2) is 36.4 Å². The zero-order valence-corrected chi connectivity index (χ0v) is 15.5. The van der Waals surface area contributed by atoms with E-state index in [1.54, 1.807) is 0 Å². The van der Waals surface area contributed by atoms with Gasteiger partial charge in [0.15, 0.2) is 0 Å². The highest BCUT2D eigenvalue weighted by atomic mass is 16.5. The highest BCUT2D eigenvalue weighted by Gasteiger charge is 2.42. The van der Waals surface area contributed by atoms with Gasteiger partial charge in [-0.2, -0.15) is 0 Å². The minimum absolute atomic E-state index is 0.0165. The fourth-order valence-corrected chi connectivity index (χ4v) is 4.23. The van der Waals surface area contributed by atoms with E-state index in [4.69, 9.17) is 9.72 Å². The van der Waals surface area contributed by atoms with Crippen molar-refractivity contribution in [2.75, 3.05) is 13.2 Å². The van der Waals surface area contributed by atoms with E-state index >= 15 is 0 Å². The molecule has 0 unspecified atom stereocenters. The molecule has 0 aliphatic carbocycles. The van der Waals surface area contributed by atoms with Gasteiger partial charge in [0.2, 0.25) is 5.91 Å². The summed E-state index contributed by atoms with van der Waals surface area (Å²) in [6.45, 7) is 6.34. The summed E-state index contributed by atoms with van der Waals surface area (Å²) < 4.78 is 5.94. The number of carbonyl (C=O) groups is 1. The maximum Gasteiger partial charge on any atom is 0.224 e. The number of amides is 1. The van der Waals surface area contributed by atoms with Crippen molar-refractivity contribution in [1.29, 1.82) is 0 Å². The van der Waals surface area contributed by atoms with E-state index in [1.165, 1.54) is 0 Å². The lowest BCUT2D eigenvalue weighted by molar-refractivity contribution is -0.130. The average Bonchev–Trinajstić information content (AvgIpc) is 3.10. The number of rotatable bonds is 4. The van der Waals surface area contributed by atoms with Crippen molar-refractivity contribution in [2.24, 2.45) is 5.92 Å². The topological polar surface area (TPSA) is 54.5 Å². The molecule has 3 atom stereocenters. The minimum Gasteiger partial charge on any atom is -0.377 e. The number of fused-ring (bicyclic) bond motifs is 2. The van der Waals surface area contributed by atoms with E-state index < -0.39 is 0 Å². The van der Waals surface area contributed by atoms with Crippen molar-refractivity contribution < 1.29 is 9.53 Å². The Morgan fingerprint density at radius 1 is 1.31 bits per heavy atom. The molecular formula is C21H27N3O2. The van der Waals surface area contributed by atoms with Crippen molar-refractivity contribution in [2.45, 2.75) is 51.4 Å². The first kappa shape index (κ1) is 17.4. The predicted molar refractivity (Wildman–Crippen MR) is 102 cm³/mol. The second-order valence-electron chi connectivity index (χ2n) is 7.79. The number of aromatic nitrogens is 1. The van der Waals surface area contributed by atoms with Gasteiger partial charge in [0.05, 0.1) is 23.2 Å². The molecule has 138 valence electrons. The van der Waals surface area contributed by atoms with E-state index in [0.29, 0.717) is 6.04 Å². The van der Waals surface area contributed by atoms with Crippen LogP contribution in [0, 0.1) is 5.92 Å². The van der Waals surface area contributed by atoms with Gasteiger partial charge in [-0.1, -0.05) is 24.3 Å². The number of para-hydroxylation sites is 1. The maximum absolute atomic E-state index is 12.6. The van der Waals surface area contributed by atoms with Crippen molar-refractivity contribution in [3.63, 3.8) is 0 Å². The third-order valence-corrected chi connectivity index (χ3v) is 5.44. The molecule has 0 bridgehead atoms. The Morgan fingerprint density at radius 3 is 3.00 bits per heavy atom. The lowest BCUT2D eigenvalue weighted by atomic mass is 9.89. The summed E-state index contributed by atoms with van der Waals surface area (Å²) in [6.07, 6.45) is 2.02. The number of nitrogens with one attached hydrogen (secondary N) is 1. The predicted octanol–water partition coefficient (Wildman–Crippen LogP) is 2.74. The third-order valence-electron chi connectivity index (χ3n) is 5.44. The van der Waals surface area contributed by atoms with E-state index in [9.17, 15) is 4.79 Å². The zero-order chi connectivity index (χ0) is 18.1. The molecule has 2 aliphatic heterocycles. The number of benzene rings is 1. The molecule has 5 heteroatoms. The molecule has 26 heavy (non-hydrogen) atoms. The summed E-state index contributed by atoms with van der Waals surface area (Å²) in [5, 5.41) is 4.22. The number of piperidine rings is 1. The molecule has 5 nitrogen and oxygen atoms in total. The lowest BCUT2D eigenvalue weighted by Gasteiger charge is -2.40. The Kier molecular flexibility index (Phi) is 4.92. The summed E-state index contributed by atoms with van der Waals surface area (Å²) in [5.41, 5.74) is 2.08. The monoisotopic (exact) mass is 353 g/mol. The van der Waals surface area contributed by atoms with Crippen molar-refractivity contribution in [1.82, 2.24) is 15.2 Å². The Morgan fingerprint density at radius 2 is 2.15 bits per heavy atom. The Bertz CT molecular complexity index is 792.